The number of sulfone groups is 3. The van der Waals surface area contributed by atoms with Crippen molar-refractivity contribution < 1.29 is 51.8 Å². The van der Waals surface area contributed by atoms with Crippen molar-refractivity contribution in [1.82, 2.24) is 0 Å². The minimum atomic E-state index is -3.38. The number of benzene rings is 18. The molecule has 618 valence electrons. The molecule has 15 heteroatoms. The standard InChI is InChI=1S/3C38H24O4S/c39-43(40)21-25-16-15-24(29-10-5-11-31-30-7-1-3-12-34(30)42-38(29)31)20-33(25)27-18-17-23(19-26(27)22-43)28-9-6-14-36-37(28)32-8-2-4-13-35(32)41-36;39-43(40)21-26-13-12-23(24-14-17-31-30-6-1-3-9-34(30)42-37(31)20-24)19-33(26)28-16-15-25(18-27(28)22-43)29-8-5-11-36-38(29)32-7-2-4-10-35(32)41-36;39-43(40)21-26-13-12-23(24-15-17-36-33(20-24)30-6-1-3-9-34(30)41-36)19-32(26)28-16-14-25(18-27(28)22-43)29-8-5-11-37-38(29)31-7-2-4-10-35(31)42-37/h3*1-20H,21-22H2. The van der Waals surface area contributed by atoms with Crippen molar-refractivity contribution in [1.29, 1.82) is 0 Å². The molecule has 27 rings (SSSR count). The van der Waals surface area contributed by atoms with Crippen LogP contribution in [-0.4, -0.2) is 25.3 Å². The molecule has 0 saturated carbocycles. The lowest BCUT2D eigenvalue weighted by Crippen LogP contribution is -2.05. The predicted molar refractivity (Wildman–Crippen MR) is 521 cm³/mol. The van der Waals surface area contributed by atoms with E-state index in [-0.39, 0.29) is 34.5 Å². The summed E-state index contributed by atoms with van der Waals surface area (Å²) >= 11 is 0. The zero-order valence-electron chi connectivity index (χ0n) is 69.0. The summed E-state index contributed by atoms with van der Waals surface area (Å²) in [4.78, 5) is 0. The fourth-order valence-electron chi connectivity index (χ4n) is 20.2. The number of para-hydroxylation sites is 7. The van der Waals surface area contributed by atoms with E-state index in [1.807, 2.05) is 200 Å². The van der Waals surface area contributed by atoms with Crippen LogP contribution in [0, 0.1) is 0 Å². The molecule has 24 aromatic rings. The largest absolute Gasteiger partial charge is 0.456 e. The molecule has 0 N–H and O–H groups in total. The van der Waals surface area contributed by atoms with E-state index in [4.69, 9.17) is 26.5 Å². The summed E-state index contributed by atoms with van der Waals surface area (Å²) in [7, 11) is -10.1. The van der Waals surface area contributed by atoms with Crippen LogP contribution >= 0.6 is 0 Å². The second-order valence-corrected chi connectivity index (χ2v) is 40.3. The van der Waals surface area contributed by atoms with E-state index >= 15 is 0 Å². The fourth-order valence-corrected chi connectivity index (χ4v) is 24.8. The Bertz CT molecular complexity index is 9270. The number of hydrogen-bond donors (Lipinski definition) is 0. The van der Waals surface area contributed by atoms with E-state index in [1.165, 1.54) is 0 Å². The molecular weight excluding hydrogens is 1660 g/mol. The second-order valence-electron chi connectivity index (χ2n) is 34.1. The second kappa shape index (κ2) is 29.4. The monoisotopic (exact) mass is 1730 g/mol. The van der Waals surface area contributed by atoms with E-state index in [1.54, 1.807) is 0 Å². The summed E-state index contributed by atoms with van der Waals surface area (Å²) in [5.41, 5.74) is 32.8. The molecule has 0 radical (unpaired) electrons. The van der Waals surface area contributed by atoms with Crippen LogP contribution in [0.2, 0.25) is 0 Å². The van der Waals surface area contributed by atoms with Crippen LogP contribution in [0.4, 0.5) is 0 Å². The van der Waals surface area contributed by atoms with Gasteiger partial charge in [0.15, 0.2) is 29.5 Å². The summed E-state index contributed by atoms with van der Waals surface area (Å²) in [5.74, 6) is 0.00451. The van der Waals surface area contributed by atoms with Crippen LogP contribution in [0.1, 0.15) is 33.4 Å². The van der Waals surface area contributed by atoms with Crippen molar-refractivity contribution in [2.45, 2.75) is 34.5 Å². The Kier molecular flexibility index (Phi) is 17.3. The Labute approximate surface area is 739 Å². The van der Waals surface area contributed by atoms with Gasteiger partial charge >= 0.3 is 0 Å². The van der Waals surface area contributed by atoms with E-state index in [0.29, 0.717) is 0 Å². The first-order valence-corrected chi connectivity index (χ1v) is 48.4. The van der Waals surface area contributed by atoms with Crippen molar-refractivity contribution >= 4 is 161 Å². The molecule has 0 fully saturated rings. The molecule has 0 spiro atoms. The van der Waals surface area contributed by atoms with Gasteiger partial charge in [-0.2, -0.15) is 0 Å². The molecule has 6 aromatic heterocycles. The molecule has 12 nitrogen and oxygen atoms in total. The lowest BCUT2D eigenvalue weighted by molar-refractivity contribution is 0.593. The highest BCUT2D eigenvalue weighted by atomic mass is 32.2. The SMILES string of the molecule is O=S1(=O)Cc2cc(-c3cccc4oc5ccccc5c34)ccc2-c2cc(-c3ccc4c(c3)oc3ccccc34)ccc2C1.O=S1(=O)Cc2cc(-c3cccc4oc5ccccc5c34)ccc2-c2cc(-c3ccc4oc5ccccc5c4c3)ccc2C1.O=S1(=O)Cc2cc(-c3cccc4oc5ccccc5c34)ccc2-c2cc(-c3cccc4c3oc3ccccc34)ccc2C1. The smallest absolute Gasteiger partial charge is 0.158 e. The average molecular weight is 1730 g/mol. The van der Waals surface area contributed by atoms with Gasteiger partial charge in [-0.1, -0.05) is 249 Å². The van der Waals surface area contributed by atoms with E-state index in [9.17, 15) is 25.3 Å². The van der Waals surface area contributed by atoms with Gasteiger partial charge in [-0.25, -0.2) is 25.3 Å². The minimum absolute atomic E-state index is 0.00339. The molecular formula is C114H72O12S3. The molecule has 0 unspecified atom stereocenters. The first-order chi connectivity index (χ1) is 63.0. The molecule has 3 aliphatic rings. The topological polar surface area (TPSA) is 181 Å². The third kappa shape index (κ3) is 13.1. The molecule has 0 atom stereocenters. The third-order valence-electron chi connectivity index (χ3n) is 26.0. The first-order valence-electron chi connectivity index (χ1n) is 42.9. The number of furan rings is 6. The summed E-state index contributed by atoms with van der Waals surface area (Å²) in [6.07, 6.45) is 0. The zero-order chi connectivity index (χ0) is 86.1. The van der Waals surface area contributed by atoms with Gasteiger partial charge < -0.3 is 26.5 Å². The van der Waals surface area contributed by atoms with Gasteiger partial charge in [0.05, 0.1) is 34.5 Å². The van der Waals surface area contributed by atoms with Crippen LogP contribution < -0.4 is 0 Å². The Morgan fingerprint density at radius 1 is 0.155 bits per heavy atom. The lowest BCUT2D eigenvalue weighted by atomic mass is 9.90. The summed E-state index contributed by atoms with van der Waals surface area (Å²) in [5, 5.41) is 12.7. The Hall–Kier alpha value is -15.4. The van der Waals surface area contributed by atoms with E-state index < -0.39 is 29.5 Å². The van der Waals surface area contributed by atoms with Gasteiger partial charge in [0.1, 0.15) is 67.0 Å². The van der Waals surface area contributed by atoms with Crippen LogP contribution in [0.25, 0.3) is 232 Å². The van der Waals surface area contributed by atoms with Gasteiger partial charge in [-0.15, -0.1) is 0 Å². The molecule has 0 saturated heterocycles. The Morgan fingerprint density at radius 3 is 0.876 bits per heavy atom. The summed E-state index contributed by atoms with van der Waals surface area (Å²) in [6, 6.07) is 122. The molecule has 0 bridgehead atoms. The number of rotatable bonds is 6. The van der Waals surface area contributed by atoms with Gasteiger partial charge in [-0.05, 0) is 243 Å². The maximum Gasteiger partial charge on any atom is 0.158 e. The molecule has 0 aliphatic carbocycles. The number of fused-ring (bicyclic) bond motifs is 27. The van der Waals surface area contributed by atoms with Gasteiger partial charge in [0.25, 0.3) is 0 Å². The highest BCUT2D eigenvalue weighted by Crippen LogP contribution is 2.49. The van der Waals surface area contributed by atoms with Crippen molar-refractivity contribution in [3.8, 4) is 100 Å². The fraction of sp³-hybridized carbons (Fsp3) is 0.0526. The van der Waals surface area contributed by atoms with Crippen LogP contribution in [-0.2, 0) is 64.0 Å². The third-order valence-corrected chi connectivity index (χ3v) is 30.6. The summed E-state index contributed by atoms with van der Waals surface area (Å²) < 4.78 is 117. The molecule has 0 amide bonds. The predicted octanol–water partition coefficient (Wildman–Crippen LogP) is 29.7. The highest BCUT2D eigenvalue weighted by molar-refractivity contribution is 7.90. The summed E-state index contributed by atoms with van der Waals surface area (Å²) in [6.45, 7) is 0. The normalized spacial score (nSPS) is 14.2. The molecule has 9 heterocycles. The van der Waals surface area contributed by atoms with Gasteiger partial charge in [-0.3, -0.25) is 0 Å². The van der Waals surface area contributed by atoms with E-state index in [0.717, 1.165) is 265 Å². The van der Waals surface area contributed by atoms with Crippen LogP contribution in [0.15, 0.2) is 390 Å². The zero-order valence-corrected chi connectivity index (χ0v) is 71.5. The maximum atomic E-state index is 13.4. The van der Waals surface area contributed by atoms with Crippen LogP contribution in [0.5, 0.6) is 0 Å². The minimum Gasteiger partial charge on any atom is -0.456 e. The van der Waals surface area contributed by atoms with Gasteiger partial charge in [0.2, 0.25) is 0 Å². The molecule has 18 aromatic carbocycles. The highest BCUT2D eigenvalue weighted by Gasteiger charge is 2.31. The van der Waals surface area contributed by atoms with Crippen molar-refractivity contribution in [2.75, 3.05) is 0 Å². The van der Waals surface area contributed by atoms with E-state index in [2.05, 4.69) is 164 Å². The van der Waals surface area contributed by atoms with Crippen LogP contribution in [0.3, 0.4) is 0 Å². The Balaban J connectivity index is 0.000000105. The maximum absolute atomic E-state index is 13.4. The first kappa shape index (κ1) is 76.1. The number of hydrogen-bond acceptors (Lipinski definition) is 12. The van der Waals surface area contributed by atoms with Crippen molar-refractivity contribution in [3.63, 3.8) is 0 Å². The average Bonchev–Trinajstić information content (AvgIpc) is 1.58. The lowest BCUT2D eigenvalue weighted by Gasteiger charge is -2.13. The quantitative estimate of drug-likeness (QED) is 0.154. The van der Waals surface area contributed by atoms with Crippen molar-refractivity contribution in [3.05, 3.63) is 397 Å². The Morgan fingerprint density at radius 2 is 0.426 bits per heavy atom. The van der Waals surface area contributed by atoms with Crippen molar-refractivity contribution in [2.24, 2.45) is 0 Å². The molecule has 3 aliphatic heterocycles. The molecule has 129 heavy (non-hydrogen) atoms. The van der Waals surface area contributed by atoms with Gasteiger partial charge in [0, 0.05) is 70.2 Å².